The number of aromatic nitrogens is 1. The topological polar surface area (TPSA) is 51.7 Å². The van der Waals surface area contributed by atoms with Gasteiger partial charge in [0.2, 0.25) is 0 Å². The molecule has 138 valence electrons. The van der Waals surface area contributed by atoms with Crippen LogP contribution in [-0.2, 0) is 9.53 Å². The van der Waals surface area contributed by atoms with Crippen LogP contribution in [0.2, 0.25) is 0 Å². The molecule has 1 aliphatic heterocycles. The Bertz CT molecular complexity index is 797. The molecule has 1 saturated carbocycles. The van der Waals surface area contributed by atoms with Crippen LogP contribution >= 0.6 is 0 Å². The van der Waals surface area contributed by atoms with Gasteiger partial charge in [-0.25, -0.2) is 0 Å². The highest BCUT2D eigenvalue weighted by atomic mass is 16.5. The Kier molecular flexibility index (Phi) is 4.81. The maximum atomic E-state index is 13.2. The van der Waals surface area contributed by atoms with Crippen molar-refractivity contribution in [3.05, 3.63) is 36.0 Å². The molecular weight excluding hydrogens is 328 g/mol. The van der Waals surface area contributed by atoms with Gasteiger partial charge in [-0.2, -0.15) is 0 Å². The summed E-state index contributed by atoms with van der Waals surface area (Å²) in [6.07, 6.45) is 4.76. The Balaban J connectivity index is 1.66. The van der Waals surface area contributed by atoms with Gasteiger partial charge in [0.05, 0.1) is 24.4 Å². The molecular formula is C21H26N2O3. The summed E-state index contributed by atoms with van der Waals surface area (Å²) in [5, 5.41) is 0.992. The number of pyridine rings is 1. The normalized spacial score (nSPS) is 21.4. The van der Waals surface area contributed by atoms with Crippen molar-refractivity contribution in [1.29, 1.82) is 0 Å². The molecule has 2 heterocycles. The minimum atomic E-state index is -0.297. The van der Waals surface area contributed by atoms with Crippen molar-refractivity contribution >= 4 is 16.8 Å². The number of hydrogen-bond acceptors (Lipinski definition) is 4. The second-order valence-corrected chi connectivity index (χ2v) is 7.27. The zero-order valence-electron chi connectivity index (χ0n) is 15.5. The minimum absolute atomic E-state index is 0.0981. The van der Waals surface area contributed by atoms with Gasteiger partial charge in [-0.05, 0) is 51.2 Å². The van der Waals surface area contributed by atoms with Crippen LogP contribution < -0.4 is 4.74 Å². The first-order valence-corrected chi connectivity index (χ1v) is 9.56. The third-order valence-electron chi connectivity index (χ3n) is 5.41. The first-order valence-electron chi connectivity index (χ1n) is 9.56. The molecule has 2 aromatic rings. The zero-order valence-corrected chi connectivity index (χ0v) is 15.5. The molecule has 5 heteroatoms. The van der Waals surface area contributed by atoms with E-state index in [-0.39, 0.29) is 18.1 Å². The summed E-state index contributed by atoms with van der Waals surface area (Å²) >= 11 is 0. The smallest absolute Gasteiger partial charge is 0.252 e. The number of methoxy groups -OCH3 is 1. The Hall–Kier alpha value is -2.14. The number of fused-ring (bicyclic) bond motifs is 1. The standard InChI is InChI=1S/C21H26N2O3/c1-14(18-13-20(25-2)16-7-3-4-8-17(16)22-18)23(15-10-11-15)21(24)19-9-5-6-12-26-19/h3-4,7-8,13-15,19H,5-6,9-12H2,1-2H3/t14-,19+/m0/s1. The SMILES string of the molecule is COc1cc([C@H](C)N(C(=O)[C@H]2CCCCO2)C2CC2)nc2ccccc12. The number of para-hydroxylation sites is 1. The van der Waals surface area contributed by atoms with Gasteiger partial charge < -0.3 is 14.4 Å². The lowest BCUT2D eigenvalue weighted by molar-refractivity contribution is -0.149. The third-order valence-corrected chi connectivity index (χ3v) is 5.41. The van der Waals surface area contributed by atoms with Crippen LogP contribution in [0.5, 0.6) is 5.75 Å². The number of hydrogen-bond donors (Lipinski definition) is 0. The average molecular weight is 354 g/mol. The largest absolute Gasteiger partial charge is 0.496 e. The monoisotopic (exact) mass is 354 g/mol. The van der Waals surface area contributed by atoms with Crippen molar-refractivity contribution in [3.63, 3.8) is 0 Å². The third kappa shape index (κ3) is 3.28. The number of rotatable bonds is 5. The van der Waals surface area contributed by atoms with E-state index >= 15 is 0 Å². The van der Waals surface area contributed by atoms with Crippen molar-refractivity contribution < 1.29 is 14.3 Å². The Morgan fingerprint density at radius 1 is 1.27 bits per heavy atom. The van der Waals surface area contributed by atoms with Gasteiger partial charge in [0, 0.05) is 24.1 Å². The lowest BCUT2D eigenvalue weighted by Crippen LogP contribution is -2.44. The molecule has 0 N–H and O–H groups in total. The summed E-state index contributed by atoms with van der Waals surface area (Å²) in [6, 6.07) is 10.1. The number of amides is 1. The second-order valence-electron chi connectivity index (χ2n) is 7.27. The second kappa shape index (κ2) is 7.23. The van der Waals surface area contributed by atoms with Crippen LogP contribution in [0.25, 0.3) is 10.9 Å². The fourth-order valence-electron chi connectivity index (χ4n) is 3.83. The van der Waals surface area contributed by atoms with E-state index in [0.717, 1.165) is 54.5 Å². The van der Waals surface area contributed by atoms with E-state index in [4.69, 9.17) is 14.5 Å². The zero-order chi connectivity index (χ0) is 18.1. The van der Waals surface area contributed by atoms with Crippen LogP contribution in [0.4, 0.5) is 0 Å². The first kappa shape index (κ1) is 17.3. The van der Waals surface area contributed by atoms with Crippen LogP contribution in [-0.4, -0.2) is 41.7 Å². The van der Waals surface area contributed by atoms with Gasteiger partial charge in [-0.3, -0.25) is 9.78 Å². The number of nitrogens with zero attached hydrogens (tertiary/aromatic N) is 2. The van der Waals surface area contributed by atoms with E-state index in [1.165, 1.54) is 0 Å². The molecule has 5 nitrogen and oxygen atoms in total. The number of carbonyl (C=O) groups excluding carboxylic acids is 1. The number of benzene rings is 1. The lowest BCUT2D eigenvalue weighted by atomic mass is 10.0. The quantitative estimate of drug-likeness (QED) is 0.818. The number of carbonyl (C=O) groups is 1. The highest BCUT2D eigenvalue weighted by Crippen LogP contribution is 2.37. The fraction of sp³-hybridized carbons (Fsp3) is 0.524. The molecule has 2 aliphatic rings. The van der Waals surface area contributed by atoms with E-state index in [0.29, 0.717) is 12.6 Å². The van der Waals surface area contributed by atoms with Gasteiger partial charge >= 0.3 is 0 Å². The molecule has 1 amide bonds. The molecule has 0 spiro atoms. The van der Waals surface area contributed by atoms with E-state index in [1.807, 2.05) is 35.2 Å². The predicted molar refractivity (Wildman–Crippen MR) is 100 cm³/mol. The van der Waals surface area contributed by atoms with Gasteiger partial charge in [0.1, 0.15) is 11.9 Å². The maximum absolute atomic E-state index is 13.2. The maximum Gasteiger partial charge on any atom is 0.252 e. The highest BCUT2D eigenvalue weighted by molar-refractivity contribution is 5.86. The molecule has 2 fully saturated rings. The van der Waals surface area contributed by atoms with E-state index < -0.39 is 0 Å². The molecule has 2 atom stereocenters. The van der Waals surface area contributed by atoms with Crippen LogP contribution in [0.15, 0.2) is 30.3 Å². The summed E-state index contributed by atoms with van der Waals surface area (Å²) in [5.41, 5.74) is 1.77. The van der Waals surface area contributed by atoms with Gasteiger partial charge in [0.15, 0.2) is 0 Å². The van der Waals surface area contributed by atoms with Crippen molar-refractivity contribution in [2.45, 2.75) is 57.2 Å². The fourth-order valence-corrected chi connectivity index (χ4v) is 3.83. The van der Waals surface area contributed by atoms with Gasteiger partial charge in [0.25, 0.3) is 5.91 Å². The van der Waals surface area contributed by atoms with Crippen molar-refractivity contribution in [2.24, 2.45) is 0 Å². The molecule has 0 unspecified atom stereocenters. The highest BCUT2D eigenvalue weighted by Gasteiger charge is 2.40. The first-order chi connectivity index (χ1) is 12.7. The Morgan fingerprint density at radius 2 is 2.08 bits per heavy atom. The number of ether oxygens (including phenoxy) is 2. The molecule has 1 aliphatic carbocycles. The summed E-state index contributed by atoms with van der Waals surface area (Å²) in [7, 11) is 1.68. The summed E-state index contributed by atoms with van der Waals surface area (Å²) < 4.78 is 11.3. The molecule has 1 aromatic carbocycles. The van der Waals surface area contributed by atoms with E-state index in [9.17, 15) is 4.79 Å². The molecule has 4 rings (SSSR count). The van der Waals surface area contributed by atoms with E-state index in [1.54, 1.807) is 7.11 Å². The van der Waals surface area contributed by atoms with Crippen LogP contribution in [0, 0.1) is 0 Å². The molecule has 0 bridgehead atoms. The molecule has 0 radical (unpaired) electrons. The Morgan fingerprint density at radius 3 is 2.77 bits per heavy atom. The van der Waals surface area contributed by atoms with E-state index in [2.05, 4.69) is 6.92 Å². The van der Waals surface area contributed by atoms with Crippen molar-refractivity contribution in [1.82, 2.24) is 9.88 Å². The van der Waals surface area contributed by atoms with Crippen molar-refractivity contribution in [3.8, 4) is 5.75 Å². The van der Waals surface area contributed by atoms with Crippen LogP contribution in [0.3, 0.4) is 0 Å². The Labute approximate surface area is 154 Å². The van der Waals surface area contributed by atoms with Crippen LogP contribution in [0.1, 0.15) is 50.8 Å². The van der Waals surface area contributed by atoms with Crippen molar-refractivity contribution in [2.75, 3.05) is 13.7 Å². The van der Waals surface area contributed by atoms with Gasteiger partial charge in [-0.15, -0.1) is 0 Å². The minimum Gasteiger partial charge on any atom is -0.496 e. The molecule has 1 saturated heterocycles. The summed E-state index contributed by atoms with van der Waals surface area (Å²) in [6.45, 7) is 2.75. The predicted octanol–water partition coefficient (Wildman–Crippen LogP) is 3.86. The molecule has 26 heavy (non-hydrogen) atoms. The van der Waals surface area contributed by atoms with Gasteiger partial charge in [-0.1, -0.05) is 12.1 Å². The molecule has 1 aromatic heterocycles. The lowest BCUT2D eigenvalue weighted by Gasteiger charge is -2.34. The summed E-state index contributed by atoms with van der Waals surface area (Å²) in [4.78, 5) is 20.0. The average Bonchev–Trinajstić information content (AvgIpc) is 3.52. The summed E-state index contributed by atoms with van der Waals surface area (Å²) in [5.74, 6) is 0.920.